The molecule has 3 rings (SSSR count). The number of H-pyrrole nitrogens is 1. The van der Waals surface area contributed by atoms with Gasteiger partial charge < -0.3 is 10.3 Å². The molecule has 0 fully saturated rings. The Balaban J connectivity index is 1.90. The third-order valence-electron chi connectivity index (χ3n) is 4.19. The molecule has 26 heavy (non-hydrogen) atoms. The lowest BCUT2D eigenvalue weighted by molar-refractivity contribution is 0.102. The fourth-order valence-electron chi connectivity index (χ4n) is 2.75. The fourth-order valence-corrected chi connectivity index (χ4v) is 2.75. The van der Waals surface area contributed by atoms with Crippen LogP contribution in [-0.4, -0.2) is 15.9 Å². The average Bonchev–Trinajstić information content (AvgIpc) is 2.63. The number of hydrogen-bond acceptors (Lipinski definition) is 3. The smallest absolute Gasteiger partial charge is 0.255 e. The monoisotopic (exact) mass is 347 g/mol. The number of amides is 1. The molecule has 1 amide bonds. The van der Waals surface area contributed by atoms with Gasteiger partial charge in [0.15, 0.2) is 0 Å². The van der Waals surface area contributed by atoms with Crippen molar-refractivity contribution in [2.24, 2.45) is 0 Å². The standard InChI is InChI=1S/C21H21N3O2/c1-4-16-12-19(25)24-20(22-16)15-6-5-7-17(11-15)23-21(26)18-10-13(2)8-9-14(18)3/h5-12H,4H2,1-3H3,(H,23,26)(H,22,24,25). The van der Waals surface area contributed by atoms with Crippen molar-refractivity contribution in [1.82, 2.24) is 9.97 Å². The van der Waals surface area contributed by atoms with E-state index in [1.54, 1.807) is 6.07 Å². The number of nitrogens with one attached hydrogen (secondary N) is 2. The molecule has 0 saturated heterocycles. The van der Waals surface area contributed by atoms with Gasteiger partial charge in [-0.25, -0.2) is 4.98 Å². The van der Waals surface area contributed by atoms with Gasteiger partial charge in [-0.05, 0) is 44.0 Å². The Morgan fingerprint density at radius 1 is 1.12 bits per heavy atom. The lowest BCUT2D eigenvalue weighted by atomic mass is 10.0. The summed E-state index contributed by atoms with van der Waals surface area (Å²) in [6.45, 7) is 5.82. The highest BCUT2D eigenvalue weighted by Crippen LogP contribution is 2.20. The summed E-state index contributed by atoms with van der Waals surface area (Å²) in [7, 11) is 0. The van der Waals surface area contributed by atoms with E-state index >= 15 is 0 Å². The third-order valence-corrected chi connectivity index (χ3v) is 4.19. The predicted octanol–water partition coefficient (Wildman–Crippen LogP) is 3.87. The first-order valence-corrected chi connectivity index (χ1v) is 8.55. The summed E-state index contributed by atoms with van der Waals surface area (Å²) < 4.78 is 0. The minimum absolute atomic E-state index is 0.160. The Hall–Kier alpha value is -3.21. The van der Waals surface area contributed by atoms with Gasteiger partial charge in [0.05, 0.1) is 0 Å². The zero-order valence-corrected chi connectivity index (χ0v) is 15.1. The van der Waals surface area contributed by atoms with E-state index in [-0.39, 0.29) is 11.5 Å². The average molecular weight is 347 g/mol. The van der Waals surface area contributed by atoms with Crippen LogP contribution in [0.3, 0.4) is 0 Å². The lowest BCUT2D eigenvalue weighted by Gasteiger charge is -2.10. The highest BCUT2D eigenvalue weighted by atomic mass is 16.1. The predicted molar refractivity (Wildman–Crippen MR) is 104 cm³/mol. The Morgan fingerprint density at radius 3 is 2.69 bits per heavy atom. The SMILES string of the molecule is CCc1cc(=O)[nH]c(-c2cccc(NC(=O)c3cc(C)ccc3C)c2)n1. The molecule has 1 aromatic heterocycles. The Labute approximate surface area is 152 Å². The van der Waals surface area contributed by atoms with Crippen LogP contribution in [0.2, 0.25) is 0 Å². The van der Waals surface area contributed by atoms with Gasteiger partial charge in [-0.1, -0.05) is 36.8 Å². The summed E-state index contributed by atoms with van der Waals surface area (Å²) in [5.41, 5.74) is 4.55. The molecule has 2 aromatic carbocycles. The van der Waals surface area contributed by atoms with Crippen molar-refractivity contribution in [3.63, 3.8) is 0 Å². The van der Waals surface area contributed by atoms with E-state index in [0.29, 0.717) is 23.5 Å². The Bertz CT molecular complexity index is 1020. The van der Waals surface area contributed by atoms with Gasteiger partial charge in [0.1, 0.15) is 5.82 Å². The number of aryl methyl sites for hydroxylation is 3. The largest absolute Gasteiger partial charge is 0.322 e. The summed E-state index contributed by atoms with van der Waals surface area (Å²) in [5.74, 6) is 0.337. The topological polar surface area (TPSA) is 74.8 Å². The Kier molecular flexibility index (Phi) is 4.98. The molecule has 0 aliphatic carbocycles. The second-order valence-corrected chi connectivity index (χ2v) is 6.29. The van der Waals surface area contributed by atoms with Crippen molar-refractivity contribution in [3.05, 3.63) is 81.3 Å². The van der Waals surface area contributed by atoms with Crippen molar-refractivity contribution < 1.29 is 4.79 Å². The zero-order chi connectivity index (χ0) is 18.7. The molecule has 5 heteroatoms. The van der Waals surface area contributed by atoms with Crippen LogP contribution in [0, 0.1) is 13.8 Å². The van der Waals surface area contributed by atoms with Crippen LogP contribution in [0.5, 0.6) is 0 Å². The number of carbonyl (C=O) groups is 1. The molecule has 0 atom stereocenters. The second kappa shape index (κ2) is 7.35. The minimum Gasteiger partial charge on any atom is -0.322 e. The molecule has 5 nitrogen and oxygen atoms in total. The van der Waals surface area contributed by atoms with Crippen LogP contribution in [0.4, 0.5) is 5.69 Å². The molecule has 0 spiro atoms. The summed E-state index contributed by atoms with van der Waals surface area (Å²) in [5, 5.41) is 2.92. The molecule has 0 radical (unpaired) electrons. The molecule has 2 N–H and O–H groups in total. The van der Waals surface area contributed by atoms with E-state index in [1.807, 2.05) is 57.2 Å². The van der Waals surface area contributed by atoms with Crippen LogP contribution in [-0.2, 0) is 6.42 Å². The number of aromatic nitrogens is 2. The van der Waals surface area contributed by atoms with E-state index < -0.39 is 0 Å². The molecule has 3 aromatic rings. The van der Waals surface area contributed by atoms with Crippen LogP contribution in [0.1, 0.15) is 34.1 Å². The second-order valence-electron chi connectivity index (χ2n) is 6.29. The maximum absolute atomic E-state index is 12.6. The summed E-state index contributed by atoms with van der Waals surface area (Å²) >= 11 is 0. The van der Waals surface area contributed by atoms with E-state index in [4.69, 9.17) is 0 Å². The van der Waals surface area contributed by atoms with Crippen molar-refractivity contribution in [3.8, 4) is 11.4 Å². The molecular weight excluding hydrogens is 326 g/mol. The van der Waals surface area contributed by atoms with Crippen LogP contribution < -0.4 is 10.9 Å². The number of rotatable bonds is 4. The maximum Gasteiger partial charge on any atom is 0.255 e. The van der Waals surface area contributed by atoms with Crippen LogP contribution in [0.15, 0.2) is 53.3 Å². The van der Waals surface area contributed by atoms with Gasteiger partial charge in [0.2, 0.25) is 0 Å². The quantitative estimate of drug-likeness (QED) is 0.752. The molecule has 1 heterocycles. The first kappa shape index (κ1) is 17.6. The molecule has 0 unspecified atom stereocenters. The van der Waals surface area contributed by atoms with Crippen molar-refractivity contribution in [2.45, 2.75) is 27.2 Å². The van der Waals surface area contributed by atoms with Gasteiger partial charge >= 0.3 is 0 Å². The van der Waals surface area contributed by atoms with Gasteiger partial charge in [-0.3, -0.25) is 9.59 Å². The molecular formula is C21H21N3O2. The van der Waals surface area contributed by atoms with Gasteiger partial charge in [-0.15, -0.1) is 0 Å². The number of anilines is 1. The molecule has 132 valence electrons. The molecule has 0 bridgehead atoms. The number of benzene rings is 2. The number of carbonyl (C=O) groups excluding carboxylic acids is 1. The van der Waals surface area contributed by atoms with Crippen molar-refractivity contribution in [1.29, 1.82) is 0 Å². The fraction of sp³-hybridized carbons (Fsp3) is 0.190. The summed E-state index contributed by atoms with van der Waals surface area (Å²) in [4.78, 5) is 31.6. The van der Waals surface area contributed by atoms with Crippen LogP contribution >= 0.6 is 0 Å². The van der Waals surface area contributed by atoms with Crippen LogP contribution in [0.25, 0.3) is 11.4 Å². The maximum atomic E-state index is 12.6. The minimum atomic E-state index is -0.184. The molecule has 0 aliphatic heterocycles. The normalized spacial score (nSPS) is 10.6. The van der Waals surface area contributed by atoms with Gasteiger partial charge in [0, 0.05) is 28.6 Å². The first-order chi connectivity index (χ1) is 12.5. The van der Waals surface area contributed by atoms with E-state index in [2.05, 4.69) is 15.3 Å². The first-order valence-electron chi connectivity index (χ1n) is 8.55. The third kappa shape index (κ3) is 3.88. The van der Waals surface area contributed by atoms with Crippen molar-refractivity contribution >= 4 is 11.6 Å². The highest BCUT2D eigenvalue weighted by molar-refractivity contribution is 6.05. The summed E-state index contributed by atoms with van der Waals surface area (Å²) in [6.07, 6.45) is 0.681. The van der Waals surface area contributed by atoms with Gasteiger partial charge in [-0.2, -0.15) is 0 Å². The Morgan fingerprint density at radius 2 is 1.92 bits per heavy atom. The molecule has 0 saturated carbocycles. The number of hydrogen-bond donors (Lipinski definition) is 2. The van der Waals surface area contributed by atoms with Crippen molar-refractivity contribution in [2.75, 3.05) is 5.32 Å². The van der Waals surface area contributed by atoms with E-state index in [0.717, 1.165) is 22.4 Å². The van der Waals surface area contributed by atoms with E-state index in [1.165, 1.54) is 6.07 Å². The number of aromatic amines is 1. The zero-order valence-electron chi connectivity index (χ0n) is 15.1. The summed E-state index contributed by atoms with van der Waals surface area (Å²) in [6, 6.07) is 14.6. The van der Waals surface area contributed by atoms with Gasteiger partial charge in [0.25, 0.3) is 11.5 Å². The lowest BCUT2D eigenvalue weighted by Crippen LogP contribution is -2.14. The molecule has 0 aliphatic rings. The van der Waals surface area contributed by atoms with E-state index in [9.17, 15) is 9.59 Å². The number of nitrogens with zero attached hydrogens (tertiary/aromatic N) is 1. The highest BCUT2D eigenvalue weighted by Gasteiger charge is 2.11.